The van der Waals surface area contributed by atoms with Crippen LogP contribution in [-0.2, 0) is 4.74 Å². The minimum Gasteiger partial charge on any atom is -0.496 e. The largest absolute Gasteiger partial charge is 0.496 e. The van der Waals surface area contributed by atoms with Gasteiger partial charge in [0.15, 0.2) is 0 Å². The number of imidazole rings is 1. The molecule has 4 rings (SSSR count). The second kappa shape index (κ2) is 9.32. The van der Waals surface area contributed by atoms with E-state index >= 15 is 0 Å². The number of carbonyl (C=O) groups excluding carboxylic acids is 1. The average molecular weight is 464 g/mol. The van der Waals surface area contributed by atoms with Crippen molar-refractivity contribution in [3.05, 3.63) is 47.5 Å². The van der Waals surface area contributed by atoms with Gasteiger partial charge >= 0.3 is 5.97 Å². The van der Waals surface area contributed by atoms with Gasteiger partial charge in [0.25, 0.3) is 0 Å². The summed E-state index contributed by atoms with van der Waals surface area (Å²) in [7, 11) is 2.96. The highest BCUT2D eigenvalue weighted by Gasteiger charge is 2.35. The monoisotopic (exact) mass is 463 g/mol. The molecule has 0 bridgehead atoms. The van der Waals surface area contributed by atoms with Gasteiger partial charge in [-0.15, -0.1) is 0 Å². The maximum atomic E-state index is 12.4. The Kier molecular flexibility index (Phi) is 6.61. The van der Waals surface area contributed by atoms with Crippen molar-refractivity contribution in [2.45, 2.75) is 65.8 Å². The number of aromatic nitrogens is 2. The van der Waals surface area contributed by atoms with E-state index in [2.05, 4.69) is 68.8 Å². The van der Waals surface area contributed by atoms with Gasteiger partial charge in [0, 0.05) is 17.8 Å². The molecule has 1 fully saturated rings. The second-order valence-electron chi connectivity index (χ2n) is 10.8. The lowest BCUT2D eigenvalue weighted by molar-refractivity contribution is 0.0597. The van der Waals surface area contributed by atoms with Crippen molar-refractivity contribution >= 4 is 28.6 Å². The van der Waals surface area contributed by atoms with Crippen LogP contribution in [0.5, 0.6) is 5.75 Å². The van der Waals surface area contributed by atoms with E-state index < -0.39 is 5.97 Å². The van der Waals surface area contributed by atoms with E-state index in [1.807, 2.05) is 6.07 Å². The molecule has 182 valence electrons. The number of rotatable bonds is 6. The molecule has 1 aromatic heterocycles. The van der Waals surface area contributed by atoms with Crippen molar-refractivity contribution in [1.82, 2.24) is 9.55 Å². The van der Waals surface area contributed by atoms with Crippen LogP contribution in [0.4, 0.5) is 11.6 Å². The number of methoxy groups -OCH3 is 2. The molecule has 0 radical (unpaired) electrons. The third kappa shape index (κ3) is 4.77. The lowest BCUT2D eigenvalue weighted by Gasteiger charge is -2.40. The molecule has 1 aliphatic rings. The molecule has 2 atom stereocenters. The van der Waals surface area contributed by atoms with Gasteiger partial charge in [0.2, 0.25) is 5.95 Å². The highest BCUT2D eigenvalue weighted by Crippen LogP contribution is 2.46. The molecule has 3 aromatic rings. The lowest BCUT2D eigenvalue weighted by atomic mass is 9.70. The molecule has 6 nitrogen and oxygen atoms in total. The van der Waals surface area contributed by atoms with Crippen LogP contribution in [-0.4, -0.2) is 29.7 Å². The van der Waals surface area contributed by atoms with Gasteiger partial charge in [0.05, 0.1) is 25.3 Å². The molecular weight excluding hydrogens is 426 g/mol. The second-order valence-corrected chi connectivity index (χ2v) is 10.8. The summed E-state index contributed by atoms with van der Waals surface area (Å²) in [5.41, 5.74) is 4.62. The van der Waals surface area contributed by atoms with E-state index in [-0.39, 0.29) is 11.5 Å². The molecule has 6 heteroatoms. The van der Waals surface area contributed by atoms with Crippen LogP contribution in [0.25, 0.3) is 11.0 Å². The van der Waals surface area contributed by atoms with Crippen LogP contribution >= 0.6 is 0 Å². The standard InChI is InChI=1S/C28H37N3O3/c1-17(2)19-8-10-20(11-9-19)29-27-30-23-13-22(26(32)34-7)25(33-6)14-24(23)31(27)21-12-18(3)15-28(4,5)16-21/h8-11,13-14,17-18,21H,12,15-16H2,1-7H3,(H,29,30)/t18-,21+/m0/s1. The molecule has 1 heterocycles. The third-order valence-electron chi connectivity index (χ3n) is 6.98. The van der Waals surface area contributed by atoms with Crippen molar-refractivity contribution < 1.29 is 14.3 Å². The van der Waals surface area contributed by atoms with E-state index in [0.29, 0.717) is 23.1 Å². The third-order valence-corrected chi connectivity index (χ3v) is 6.98. The summed E-state index contributed by atoms with van der Waals surface area (Å²) in [5.74, 6) is 1.94. The number of nitrogens with zero attached hydrogens (tertiary/aromatic N) is 2. The lowest BCUT2D eigenvalue weighted by Crippen LogP contribution is -2.29. The van der Waals surface area contributed by atoms with Crippen molar-refractivity contribution in [3.8, 4) is 5.75 Å². The molecule has 34 heavy (non-hydrogen) atoms. The van der Waals surface area contributed by atoms with Crippen LogP contribution in [0.3, 0.4) is 0 Å². The van der Waals surface area contributed by atoms with Crippen molar-refractivity contribution in [2.24, 2.45) is 11.3 Å². The van der Waals surface area contributed by atoms with E-state index in [9.17, 15) is 4.79 Å². The Morgan fingerprint density at radius 2 is 1.85 bits per heavy atom. The molecule has 2 aromatic carbocycles. The molecule has 1 aliphatic carbocycles. The van der Waals surface area contributed by atoms with Crippen LogP contribution in [0.1, 0.15) is 81.8 Å². The molecular formula is C28H37N3O3. The number of anilines is 2. The minimum atomic E-state index is -0.431. The summed E-state index contributed by atoms with van der Waals surface area (Å²) in [6, 6.07) is 12.5. The maximum Gasteiger partial charge on any atom is 0.341 e. The number of hydrogen-bond donors (Lipinski definition) is 1. The maximum absolute atomic E-state index is 12.4. The Labute approximate surface area is 202 Å². The summed E-state index contributed by atoms with van der Waals surface area (Å²) in [6.45, 7) is 11.4. The zero-order chi connectivity index (χ0) is 24.6. The minimum absolute atomic E-state index is 0.241. The number of nitrogens with one attached hydrogen (secondary N) is 1. The Bertz CT molecular complexity index is 1180. The van der Waals surface area contributed by atoms with Gasteiger partial charge < -0.3 is 19.4 Å². The van der Waals surface area contributed by atoms with E-state index in [1.165, 1.54) is 19.1 Å². The Morgan fingerprint density at radius 1 is 1.15 bits per heavy atom. The first-order chi connectivity index (χ1) is 16.1. The Morgan fingerprint density at radius 3 is 2.44 bits per heavy atom. The van der Waals surface area contributed by atoms with Gasteiger partial charge in [0.1, 0.15) is 11.3 Å². The average Bonchev–Trinajstić information content (AvgIpc) is 3.13. The molecule has 0 saturated heterocycles. The Hall–Kier alpha value is -3.02. The fraction of sp³-hybridized carbons (Fsp3) is 0.500. The summed E-state index contributed by atoms with van der Waals surface area (Å²) < 4.78 is 12.9. The number of esters is 1. The zero-order valence-electron chi connectivity index (χ0n) is 21.4. The number of hydrogen-bond acceptors (Lipinski definition) is 5. The normalized spacial score (nSPS) is 19.9. The number of carbonyl (C=O) groups is 1. The first kappa shape index (κ1) is 24.1. The quantitative estimate of drug-likeness (QED) is 0.396. The van der Waals surface area contributed by atoms with Crippen LogP contribution in [0, 0.1) is 11.3 Å². The van der Waals surface area contributed by atoms with Gasteiger partial charge in [-0.3, -0.25) is 0 Å². The van der Waals surface area contributed by atoms with E-state index in [4.69, 9.17) is 14.5 Å². The molecule has 0 amide bonds. The number of fused-ring (bicyclic) bond motifs is 1. The smallest absolute Gasteiger partial charge is 0.341 e. The molecule has 0 unspecified atom stereocenters. The SMILES string of the molecule is COC(=O)c1cc2nc(Nc3ccc(C(C)C)cc3)n([C@@H]3C[C@H](C)CC(C)(C)C3)c2cc1OC. The highest BCUT2D eigenvalue weighted by molar-refractivity contribution is 5.97. The van der Waals surface area contributed by atoms with Gasteiger partial charge in [-0.25, -0.2) is 9.78 Å². The van der Waals surface area contributed by atoms with Crippen LogP contribution in [0.15, 0.2) is 36.4 Å². The van der Waals surface area contributed by atoms with Gasteiger partial charge in [-0.1, -0.05) is 46.8 Å². The van der Waals surface area contributed by atoms with Crippen molar-refractivity contribution in [1.29, 1.82) is 0 Å². The molecule has 1 N–H and O–H groups in total. The van der Waals surface area contributed by atoms with Crippen molar-refractivity contribution in [3.63, 3.8) is 0 Å². The summed E-state index contributed by atoms with van der Waals surface area (Å²) in [4.78, 5) is 17.3. The van der Waals surface area contributed by atoms with Gasteiger partial charge in [-0.05, 0) is 60.3 Å². The van der Waals surface area contributed by atoms with E-state index in [1.54, 1.807) is 13.2 Å². The summed E-state index contributed by atoms with van der Waals surface area (Å²) in [5, 5.41) is 3.56. The fourth-order valence-corrected chi connectivity index (χ4v) is 5.59. The molecule has 1 saturated carbocycles. The topological polar surface area (TPSA) is 65.4 Å². The highest BCUT2D eigenvalue weighted by atomic mass is 16.5. The number of benzene rings is 2. The predicted octanol–water partition coefficient (Wildman–Crippen LogP) is 7.09. The van der Waals surface area contributed by atoms with E-state index in [0.717, 1.165) is 35.5 Å². The number of ether oxygens (including phenoxy) is 2. The fourth-order valence-electron chi connectivity index (χ4n) is 5.59. The van der Waals surface area contributed by atoms with Crippen molar-refractivity contribution in [2.75, 3.05) is 19.5 Å². The summed E-state index contributed by atoms with van der Waals surface area (Å²) in [6.07, 6.45) is 3.35. The first-order valence-electron chi connectivity index (χ1n) is 12.2. The van der Waals surface area contributed by atoms with Crippen LogP contribution in [0.2, 0.25) is 0 Å². The van der Waals surface area contributed by atoms with Gasteiger partial charge in [-0.2, -0.15) is 0 Å². The molecule has 0 aliphatic heterocycles. The predicted molar refractivity (Wildman–Crippen MR) is 137 cm³/mol. The Balaban J connectivity index is 1.85. The summed E-state index contributed by atoms with van der Waals surface area (Å²) >= 11 is 0. The van der Waals surface area contributed by atoms with Crippen LogP contribution < -0.4 is 10.1 Å². The molecule has 0 spiro atoms. The zero-order valence-corrected chi connectivity index (χ0v) is 21.4. The first-order valence-corrected chi connectivity index (χ1v) is 12.2.